The highest BCUT2D eigenvalue weighted by molar-refractivity contribution is 5.85. The van der Waals surface area contributed by atoms with Gasteiger partial charge in [0.25, 0.3) is 0 Å². The standard InChI is InChI=1S/C15H19N3O3/c1-4-15(2,13(19)20)17-14(21)18(3)10-12-7-5-6-11(8-12)9-16/h5-8H,4,10H2,1-3H3,(H,17,21)(H,19,20). The van der Waals surface area contributed by atoms with Gasteiger partial charge in [-0.1, -0.05) is 19.1 Å². The summed E-state index contributed by atoms with van der Waals surface area (Å²) in [5.41, 5.74) is 0.0327. The number of carboxylic acid groups (broad SMARTS) is 1. The van der Waals surface area contributed by atoms with Crippen molar-refractivity contribution in [2.45, 2.75) is 32.4 Å². The van der Waals surface area contributed by atoms with Crippen molar-refractivity contribution in [3.05, 3.63) is 35.4 Å². The number of carbonyl (C=O) groups excluding carboxylic acids is 1. The van der Waals surface area contributed by atoms with Crippen LogP contribution in [0.1, 0.15) is 31.4 Å². The minimum atomic E-state index is -1.29. The van der Waals surface area contributed by atoms with Gasteiger partial charge in [0.2, 0.25) is 0 Å². The number of nitrogens with one attached hydrogen (secondary N) is 1. The first-order chi connectivity index (χ1) is 9.82. The Morgan fingerprint density at radius 3 is 2.67 bits per heavy atom. The van der Waals surface area contributed by atoms with E-state index in [1.165, 1.54) is 11.8 Å². The maximum absolute atomic E-state index is 12.1. The summed E-state index contributed by atoms with van der Waals surface area (Å²) in [5, 5.41) is 20.5. The number of nitriles is 1. The van der Waals surface area contributed by atoms with Gasteiger partial charge in [-0.3, -0.25) is 0 Å². The first kappa shape index (κ1) is 16.5. The molecule has 112 valence electrons. The number of amides is 2. The number of carboxylic acids is 1. The monoisotopic (exact) mass is 289 g/mol. The largest absolute Gasteiger partial charge is 0.480 e. The van der Waals surface area contributed by atoms with Gasteiger partial charge in [-0.05, 0) is 31.0 Å². The minimum Gasteiger partial charge on any atom is -0.480 e. The van der Waals surface area contributed by atoms with Gasteiger partial charge in [0.1, 0.15) is 5.54 Å². The number of urea groups is 1. The van der Waals surface area contributed by atoms with Gasteiger partial charge in [-0.15, -0.1) is 0 Å². The van der Waals surface area contributed by atoms with E-state index in [1.54, 1.807) is 38.2 Å². The van der Waals surface area contributed by atoms with Crippen LogP contribution >= 0.6 is 0 Å². The van der Waals surface area contributed by atoms with Crippen molar-refractivity contribution in [1.29, 1.82) is 5.26 Å². The highest BCUT2D eigenvalue weighted by Gasteiger charge is 2.33. The van der Waals surface area contributed by atoms with E-state index in [2.05, 4.69) is 5.32 Å². The van der Waals surface area contributed by atoms with Crippen molar-refractivity contribution in [1.82, 2.24) is 10.2 Å². The topological polar surface area (TPSA) is 93.4 Å². The van der Waals surface area contributed by atoms with Crippen LogP contribution in [-0.2, 0) is 11.3 Å². The van der Waals surface area contributed by atoms with Gasteiger partial charge >= 0.3 is 12.0 Å². The second kappa shape index (κ2) is 6.75. The molecular formula is C15H19N3O3. The molecule has 2 amide bonds. The highest BCUT2D eigenvalue weighted by Crippen LogP contribution is 2.11. The van der Waals surface area contributed by atoms with Crippen molar-refractivity contribution >= 4 is 12.0 Å². The van der Waals surface area contributed by atoms with Gasteiger partial charge < -0.3 is 15.3 Å². The molecule has 6 nitrogen and oxygen atoms in total. The highest BCUT2D eigenvalue weighted by atomic mass is 16.4. The average Bonchev–Trinajstić information content (AvgIpc) is 2.46. The lowest BCUT2D eigenvalue weighted by Crippen LogP contribution is -2.54. The molecule has 0 fully saturated rings. The molecule has 6 heteroatoms. The van der Waals surface area contributed by atoms with Crippen LogP contribution in [0.5, 0.6) is 0 Å². The Morgan fingerprint density at radius 1 is 1.48 bits per heavy atom. The van der Waals surface area contributed by atoms with Crippen LogP contribution in [-0.4, -0.2) is 34.6 Å². The normalized spacial score (nSPS) is 12.9. The third kappa shape index (κ3) is 4.21. The maximum Gasteiger partial charge on any atom is 0.329 e. The lowest BCUT2D eigenvalue weighted by Gasteiger charge is -2.28. The van der Waals surface area contributed by atoms with E-state index in [0.717, 1.165) is 5.56 Å². The summed E-state index contributed by atoms with van der Waals surface area (Å²) in [6.45, 7) is 3.46. The lowest BCUT2D eigenvalue weighted by atomic mass is 10.00. The van der Waals surface area contributed by atoms with Crippen molar-refractivity contribution in [2.75, 3.05) is 7.05 Å². The average molecular weight is 289 g/mol. The molecule has 0 saturated heterocycles. The molecule has 0 aliphatic rings. The molecule has 1 atom stereocenters. The molecule has 2 N–H and O–H groups in total. The summed E-state index contributed by atoms with van der Waals surface area (Å²) in [5.74, 6) is -1.07. The third-order valence-electron chi connectivity index (χ3n) is 3.38. The Hall–Kier alpha value is -2.55. The molecule has 0 radical (unpaired) electrons. The molecule has 0 saturated carbocycles. The van der Waals surface area contributed by atoms with Crippen LogP contribution in [0.4, 0.5) is 4.79 Å². The number of carbonyl (C=O) groups is 2. The van der Waals surface area contributed by atoms with E-state index < -0.39 is 17.5 Å². The van der Waals surface area contributed by atoms with Crippen LogP contribution in [0, 0.1) is 11.3 Å². The van der Waals surface area contributed by atoms with Crippen LogP contribution in [0.15, 0.2) is 24.3 Å². The van der Waals surface area contributed by atoms with Crippen LogP contribution in [0.3, 0.4) is 0 Å². The van der Waals surface area contributed by atoms with Gasteiger partial charge in [0, 0.05) is 13.6 Å². The Balaban J connectivity index is 2.75. The molecule has 1 aromatic carbocycles. The van der Waals surface area contributed by atoms with E-state index in [4.69, 9.17) is 10.4 Å². The molecule has 1 unspecified atom stereocenters. The molecule has 0 aromatic heterocycles. The van der Waals surface area contributed by atoms with Crippen molar-refractivity contribution in [3.8, 4) is 6.07 Å². The molecule has 1 rings (SSSR count). The second-order valence-corrected chi connectivity index (χ2v) is 5.09. The van der Waals surface area contributed by atoms with E-state index in [-0.39, 0.29) is 6.42 Å². The number of nitrogens with zero attached hydrogens (tertiary/aromatic N) is 2. The Labute approximate surface area is 124 Å². The smallest absolute Gasteiger partial charge is 0.329 e. The maximum atomic E-state index is 12.1. The quantitative estimate of drug-likeness (QED) is 0.866. The second-order valence-electron chi connectivity index (χ2n) is 5.09. The first-order valence-corrected chi connectivity index (χ1v) is 6.58. The third-order valence-corrected chi connectivity index (χ3v) is 3.38. The molecule has 0 bridgehead atoms. The number of benzene rings is 1. The van der Waals surface area contributed by atoms with Crippen LogP contribution in [0.2, 0.25) is 0 Å². The fraction of sp³-hybridized carbons (Fsp3) is 0.400. The Kier molecular flexibility index (Phi) is 5.30. The van der Waals surface area contributed by atoms with Crippen LogP contribution < -0.4 is 5.32 Å². The van der Waals surface area contributed by atoms with Crippen molar-refractivity contribution in [3.63, 3.8) is 0 Å². The lowest BCUT2D eigenvalue weighted by molar-refractivity contribution is -0.143. The predicted octanol–water partition coefficient (Wildman–Crippen LogP) is 1.95. The minimum absolute atomic E-state index is 0.284. The summed E-state index contributed by atoms with van der Waals surface area (Å²) >= 11 is 0. The first-order valence-electron chi connectivity index (χ1n) is 6.58. The van der Waals surface area contributed by atoms with Gasteiger partial charge in [-0.2, -0.15) is 5.26 Å². The van der Waals surface area contributed by atoms with Gasteiger partial charge in [-0.25, -0.2) is 9.59 Å². The summed E-state index contributed by atoms with van der Waals surface area (Å²) in [4.78, 5) is 24.6. The van der Waals surface area contributed by atoms with Crippen LogP contribution in [0.25, 0.3) is 0 Å². The SMILES string of the molecule is CCC(C)(NC(=O)N(C)Cc1cccc(C#N)c1)C(=O)O. The molecular weight excluding hydrogens is 270 g/mol. The summed E-state index contributed by atoms with van der Waals surface area (Å²) < 4.78 is 0. The molecule has 0 heterocycles. The zero-order chi connectivity index (χ0) is 16.0. The molecule has 0 aliphatic heterocycles. The predicted molar refractivity (Wildman–Crippen MR) is 77.5 cm³/mol. The Bertz CT molecular complexity index is 580. The zero-order valence-electron chi connectivity index (χ0n) is 12.4. The summed E-state index contributed by atoms with van der Waals surface area (Å²) in [6.07, 6.45) is 0.284. The zero-order valence-corrected chi connectivity index (χ0v) is 12.4. The van der Waals surface area contributed by atoms with E-state index in [0.29, 0.717) is 12.1 Å². The molecule has 21 heavy (non-hydrogen) atoms. The fourth-order valence-corrected chi connectivity index (χ4v) is 1.71. The van der Waals surface area contributed by atoms with Gasteiger partial charge in [0.05, 0.1) is 11.6 Å². The number of hydrogen-bond acceptors (Lipinski definition) is 3. The van der Waals surface area contributed by atoms with E-state index in [1.807, 2.05) is 6.07 Å². The molecule has 0 aliphatic carbocycles. The summed E-state index contributed by atoms with van der Waals surface area (Å²) in [6, 6.07) is 8.49. The Morgan fingerprint density at radius 2 is 2.14 bits per heavy atom. The molecule has 0 spiro atoms. The van der Waals surface area contributed by atoms with E-state index >= 15 is 0 Å². The fourth-order valence-electron chi connectivity index (χ4n) is 1.71. The van der Waals surface area contributed by atoms with Crippen molar-refractivity contribution < 1.29 is 14.7 Å². The number of hydrogen-bond donors (Lipinski definition) is 2. The molecule has 1 aromatic rings. The van der Waals surface area contributed by atoms with Crippen molar-refractivity contribution in [2.24, 2.45) is 0 Å². The number of aliphatic carboxylic acids is 1. The number of rotatable bonds is 5. The van der Waals surface area contributed by atoms with E-state index in [9.17, 15) is 9.59 Å². The summed E-state index contributed by atoms with van der Waals surface area (Å²) in [7, 11) is 1.58. The van der Waals surface area contributed by atoms with Gasteiger partial charge in [0.15, 0.2) is 0 Å².